The molecule has 114 valence electrons. The third kappa shape index (κ3) is 3.51. The van der Waals surface area contributed by atoms with Gasteiger partial charge in [-0.3, -0.25) is 4.90 Å². The number of carboxylic acid groups (broad SMARTS) is 1. The summed E-state index contributed by atoms with van der Waals surface area (Å²) in [6.45, 7) is 1.77. The number of anilines is 1. The van der Waals surface area contributed by atoms with E-state index in [-0.39, 0.29) is 26.1 Å². The molecule has 1 aromatic rings. The number of thioether (sulfide) groups is 1. The molecule has 2 rings (SSSR count). The van der Waals surface area contributed by atoms with E-state index in [1.807, 2.05) is 0 Å². The van der Waals surface area contributed by atoms with Crippen LogP contribution in [0.25, 0.3) is 0 Å². The van der Waals surface area contributed by atoms with E-state index < -0.39 is 18.0 Å². The zero-order chi connectivity index (χ0) is 15.7. The Balaban J connectivity index is 2.21. The van der Waals surface area contributed by atoms with E-state index in [0.29, 0.717) is 5.75 Å². The highest BCUT2D eigenvalue weighted by Crippen LogP contribution is 2.34. The highest BCUT2D eigenvalue weighted by molar-refractivity contribution is 8.00. The Kier molecular flexibility index (Phi) is 5.14. The second-order valence-corrected chi connectivity index (χ2v) is 6.94. The Labute approximate surface area is 140 Å². The van der Waals surface area contributed by atoms with Gasteiger partial charge in [0.25, 0.3) is 0 Å². The number of benzene rings is 1. The fraction of sp³-hybridized carbons (Fsp3) is 0.333. The van der Waals surface area contributed by atoms with Crippen LogP contribution in [0, 0.1) is 0 Å². The summed E-state index contributed by atoms with van der Waals surface area (Å²) in [7, 11) is 0. The highest BCUT2D eigenvalue weighted by atomic mass is 35.5. The van der Waals surface area contributed by atoms with Crippen LogP contribution in [0.4, 0.5) is 10.5 Å². The van der Waals surface area contributed by atoms with Crippen molar-refractivity contribution in [1.82, 2.24) is 4.90 Å². The summed E-state index contributed by atoms with van der Waals surface area (Å²) in [5.41, 5.74) is 0.282. The molecule has 1 aromatic carbocycles. The maximum absolute atomic E-state index is 12.3. The molecule has 2 unspecified atom stereocenters. The van der Waals surface area contributed by atoms with Gasteiger partial charge in [-0.2, -0.15) is 0 Å². The predicted octanol–water partition coefficient (Wildman–Crippen LogP) is 4.03. The second-order valence-electron chi connectivity index (χ2n) is 4.37. The summed E-state index contributed by atoms with van der Waals surface area (Å²) < 4.78 is 0. The van der Waals surface area contributed by atoms with Gasteiger partial charge in [-0.05, 0) is 19.1 Å². The fourth-order valence-corrected chi connectivity index (χ4v) is 3.70. The van der Waals surface area contributed by atoms with Crippen LogP contribution in [0.2, 0.25) is 15.1 Å². The molecule has 9 heteroatoms. The summed E-state index contributed by atoms with van der Waals surface area (Å²) in [6, 6.07) is 1.43. The Morgan fingerprint density at radius 2 is 1.90 bits per heavy atom. The predicted molar refractivity (Wildman–Crippen MR) is 85.7 cm³/mol. The van der Waals surface area contributed by atoms with Gasteiger partial charge < -0.3 is 10.4 Å². The average Bonchev–Trinajstić information content (AvgIpc) is 2.78. The normalized spacial score (nSPS) is 21.4. The summed E-state index contributed by atoms with van der Waals surface area (Å²) in [5.74, 6) is -0.693. The van der Waals surface area contributed by atoms with Gasteiger partial charge in [-0.15, -0.1) is 11.8 Å². The molecular weight excluding hydrogens is 359 g/mol. The summed E-state index contributed by atoms with van der Waals surface area (Å²) in [6.07, 6.45) is 0. The van der Waals surface area contributed by atoms with Crippen molar-refractivity contribution in [3.8, 4) is 0 Å². The smallest absolute Gasteiger partial charge is 0.327 e. The Hall–Kier alpha value is -0.820. The number of aliphatic carboxylic acids is 1. The van der Waals surface area contributed by atoms with Crippen molar-refractivity contribution in [3.63, 3.8) is 0 Å². The number of nitrogens with one attached hydrogen (secondary N) is 1. The molecule has 0 spiro atoms. The van der Waals surface area contributed by atoms with Crippen LogP contribution < -0.4 is 5.32 Å². The molecule has 2 atom stereocenters. The molecule has 1 heterocycles. The number of hydrogen-bond acceptors (Lipinski definition) is 3. The number of hydrogen-bond donors (Lipinski definition) is 2. The number of rotatable bonds is 2. The van der Waals surface area contributed by atoms with E-state index in [9.17, 15) is 9.59 Å². The molecule has 1 saturated heterocycles. The van der Waals surface area contributed by atoms with Crippen molar-refractivity contribution in [1.29, 1.82) is 0 Å². The van der Waals surface area contributed by atoms with E-state index in [2.05, 4.69) is 5.32 Å². The van der Waals surface area contributed by atoms with Crippen LogP contribution in [-0.4, -0.2) is 39.2 Å². The first kappa shape index (κ1) is 16.5. The lowest BCUT2D eigenvalue weighted by atomic mass is 10.3. The standard InChI is InChI=1S/C12H11Cl3N2O3S/c1-5-17(10(4-21-5)11(18)19)12(20)16-9-3-7(14)6(13)2-8(9)15/h2-3,5,10H,4H2,1H3,(H,16,20)(H,18,19). The molecule has 2 N–H and O–H groups in total. The van der Waals surface area contributed by atoms with Gasteiger partial charge in [0, 0.05) is 5.75 Å². The first-order valence-electron chi connectivity index (χ1n) is 5.89. The summed E-state index contributed by atoms with van der Waals surface area (Å²) in [5, 5.41) is 12.2. The summed E-state index contributed by atoms with van der Waals surface area (Å²) in [4.78, 5) is 24.7. The molecule has 1 fully saturated rings. The number of carbonyl (C=O) groups excluding carboxylic acids is 1. The van der Waals surface area contributed by atoms with Gasteiger partial charge in [0.15, 0.2) is 0 Å². The van der Waals surface area contributed by atoms with Crippen LogP contribution in [-0.2, 0) is 4.79 Å². The molecule has 0 saturated carbocycles. The zero-order valence-corrected chi connectivity index (χ0v) is 13.9. The first-order chi connectivity index (χ1) is 9.81. The molecule has 21 heavy (non-hydrogen) atoms. The van der Waals surface area contributed by atoms with E-state index >= 15 is 0 Å². The van der Waals surface area contributed by atoms with Gasteiger partial charge in [0.2, 0.25) is 0 Å². The Morgan fingerprint density at radius 1 is 1.29 bits per heavy atom. The number of nitrogens with zero attached hydrogens (tertiary/aromatic N) is 1. The minimum Gasteiger partial charge on any atom is -0.480 e. The van der Waals surface area contributed by atoms with Crippen molar-refractivity contribution in [2.45, 2.75) is 18.3 Å². The quantitative estimate of drug-likeness (QED) is 0.772. The Bertz CT molecular complexity index is 599. The van der Waals surface area contributed by atoms with Crippen LogP contribution in [0.15, 0.2) is 12.1 Å². The Morgan fingerprint density at radius 3 is 2.52 bits per heavy atom. The van der Waals surface area contributed by atoms with Crippen molar-refractivity contribution < 1.29 is 14.7 Å². The third-order valence-electron chi connectivity index (χ3n) is 2.99. The van der Waals surface area contributed by atoms with Crippen LogP contribution in [0.5, 0.6) is 0 Å². The lowest BCUT2D eigenvalue weighted by molar-refractivity contribution is -0.141. The van der Waals surface area contributed by atoms with Crippen LogP contribution >= 0.6 is 46.6 Å². The molecule has 0 bridgehead atoms. The van der Waals surface area contributed by atoms with Gasteiger partial charge in [-0.25, -0.2) is 9.59 Å². The largest absolute Gasteiger partial charge is 0.480 e. The monoisotopic (exact) mass is 368 g/mol. The number of carbonyl (C=O) groups is 2. The average molecular weight is 370 g/mol. The van der Waals surface area contributed by atoms with Crippen molar-refractivity contribution in [3.05, 3.63) is 27.2 Å². The first-order valence-corrected chi connectivity index (χ1v) is 8.07. The van der Waals surface area contributed by atoms with Gasteiger partial charge in [0.05, 0.1) is 26.1 Å². The lowest BCUT2D eigenvalue weighted by Crippen LogP contribution is -2.46. The zero-order valence-electron chi connectivity index (χ0n) is 10.8. The molecular formula is C12H11Cl3N2O3S. The molecule has 1 aliphatic rings. The number of carboxylic acids is 1. The molecule has 1 aliphatic heterocycles. The topological polar surface area (TPSA) is 69.6 Å². The minimum atomic E-state index is -1.04. The van der Waals surface area contributed by atoms with Gasteiger partial charge in [0.1, 0.15) is 6.04 Å². The molecule has 0 aromatic heterocycles. The third-order valence-corrected chi connectivity index (χ3v) is 5.25. The maximum Gasteiger partial charge on any atom is 0.327 e. The van der Waals surface area contributed by atoms with E-state index in [1.54, 1.807) is 6.92 Å². The number of urea groups is 1. The van der Waals surface area contributed by atoms with Crippen molar-refractivity contribution in [2.24, 2.45) is 0 Å². The van der Waals surface area contributed by atoms with Gasteiger partial charge >= 0.3 is 12.0 Å². The molecule has 0 aliphatic carbocycles. The van der Waals surface area contributed by atoms with E-state index in [1.165, 1.54) is 28.8 Å². The number of halogens is 3. The fourth-order valence-electron chi connectivity index (χ4n) is 1.94. The number of amides is 2. The molecule has 5 nitrogen and oxygen atoms in total. The van der Waals surface area contributed by atoms with Crippen molar-refractivity contribution in [2.75, 3.05) is 11.1 Å². The minimum absolute atomic E-state index is 0.226. The molecule has 2 amide bonds. The van der Waals surface area contributed by atoms with Crippen LogP contribution in [0.1, 0.15) is 6.92 Å². The van der Waals surface area contributed by atoms with Crippen LogP contribution in [0.3, 0.4) is 0 Å². The maximum atomic E-state index is 12.3. The highest BCUT2D eigenvalue weighted by Gasteiger charge is 2.39. The summed E-state index contributed by atoms with van der Waals surface area (Å²) >= 11 is 19.1. The van der Waals surface area contributed by atoms with Crippen molar-refractivity contribution >= 4 is 64.3 Å². The van der Waals surface area contributed by atoms with Gasteiger partial charge in [-0.1, -0.05) is 34.8 Å². The SMILES string of the molecule is CC1SCC(C(=O)O)N1C(=O)Nc1cc(Cl)c(Cl)cc1Cl. The van der Waals surface area contributed by atoms with E-state index in [4.69, 9.17) is 39.9 Å². The second kappa shape index (κ2) is 6.52. The lowest BCUT2D eigenvalue weighted by Gasteiger charge is -2.25. The molecule has 0 radical (unpaired) electrons. The van der Waals surface area contributed by atoms with E-state index in [0.717, 1.165) is 0 Å².